The lowest BCUT2D eigenvalue weighted by molar-refractivity contribution is -0.137. The van der Waals surface area contributed by atoms with Crippen molar-refractivity contribution in [2.75, 3.05) is 37.0 Å². The molecular weight excluding hydrogens is 288 g/mol. The minimum Gasteiger partial charge on any atom is -0.379 e. The molecule has 2 atom stereocenters. The minimum atomic E-state index is -3.28. The highest BCUT2D eigenvalue weighted by Crippen LogP contribution is 2.26. The first-order valence-electron chi connectivity index (χ1n) is 6.38. The van der Waals surface area contributed by atoms with Crippen LogP contribution in [0.2, 0.25) is 0 Å². The molecule has 110 valence electrons. The second-order valence-electron chi connectivity index (χ2n) is 4.94. The quantitative estimate of drug-likeness (QED) is 0.752. The van der Waals surface area contributed by atoms with E-state index in [2.05, 4.69) is 0 Å². The van der Waals surface area contributed by atoms with Gasteiger partial charge >= 0.3 is 0 Å². The molecule has 2 fully saturated rings. The Morgan fingerprint density at radius 3 is 2.89 bits per heavy atom. The van der Waals surface area contributed by atoms with Crippen LogP contribution < -0.4 is 5.73 Å². The van der Waals surface area contributed by atoms with E-state index in [-0.39, 0.29) is 18.3 Å². The number of hydrogen-bond donors (Lipinski definition) is 1. The van der Waals surface area contributed by atoms with Gasteiger partial charge in [-0.05, 0) is 6.42 Å². The van der Waals surface area contributed by atoms with Gasteiger partial charge in [-0.2, -0.15) is 11.8 Å². The number of carbonyl (C=O) groups is 1. The van der Waals surface area contributed by atoms with Gasteiger partial charge in [-0.15, -0.1) is 0 Å². The fourth-order valence-electron chi connectivity index (χ4n) is 2.34. The molecule has 8 heteroatoms. The zero-order valence-corrected chi connectivity index (χ0v) is 12.6. The minimum absolute atomic E-state index is 0.0378. The van der Waals surface area contributed by atoms with Crippen molar-refractivity contribution in [3.05, 3.63) is 0 Å². The lowest BCUT2D eigenvalue weighted by atomic mass is 9.98. The molecule has 0 radical (unpaired) electrons. The van der Waals surface area contributed by atoms with Crippen LogP contribution in [-0.2, 0) is 19.4 Å². The molecule has 2 aliphatic rings. The molecule has 0 aliphatic carbocycles. The number of hydrogen-bond acceptors (Lipinski definition) is 6. The molecule has 2 N–H and O–H groups in total. The van der Waals surface area contributed by atoms with E-state index < -0.39 is 20.8 Å². The van der Waals surface area contributed by atoms with Crippen LogP contribution >= 0.6 is 11.8 Å². The number of nitrogens with zero attached hydrogens (tertiary/aromatic N) is 1. The highest BCUT2D eigenvalue weighted by atomic mass is 32.2. The molecule has 2 unspecified atom stereocenters. The van der Waals surface area contributed by atoms with Gasteiger partial charge in [-0.3, -0.25) is 4.79 Å². The third kappa shape index (κ3) is 2.91. The van der Waals surface area contributed by atoms with E-state index in [1.807, 2.05) is 0 Å². The Morgan fingerprint density at radius 1 is 1.58 bits per heavy atom. The van der Waals surface area contributed by atoms with E-state index in [1.165, 1.54) is 4.90 Å². The Balaban J connectivity index is 2.22. The number of carbonyl (C=O) groups excluding carboxylic acids is 1. The number of nitrogens with two attached hydrogens (primary N) is 1. The Morgan fingerprint density at radius 2 is 2.32 bits per heavy atom. The fraction of sp³-hybridized carbons (Fsp3) is 0.909. The van der Waals surface area contributed by atoms with Crippen molar-refractivity contribution in [3.63, 3.8) is 0 Å². The van der Waals surface area contributed by atoms with Gasteiger partial charge in [0.1, 0.15) is 10.9 Å². The van der Waals surface area contributed by atoms with Crippen molar-refractivity contribution in [1.82, 2.24) is 4.90 Å². The Labute approximate surface area is 118 Å². The summed E-state index contributed by atoms with van der Waals surface area (Å²) in [7, 11) is -3.28. The molecule has 0 aromatic carbocycles. The zero-order chi connectivity index (χ0) is 14.1. The van der Waals surface area contributed by atoms with Crippen LogP contribution in [0.5, 0.6) is 0 Å². The number of sulfone groups is 1. The second kappa shape index (κ2) is 5.59. The molecule has 2 rings (SSSR count). The highest BCUT2D eigenvalue weighted by Gasteiger charge is 2.46. The Kier molecular flexibility index (Phi) is 4.44. The molecule has 19 heavy (non-hydrogen) atoms. The summed E-state index contributed by atoms with van der Waals surface area (Å²) in [4.78, 5) is 14.0. The summed E-state index contributed by atoms with van der Waals surface area (Å²) < 4.78 is 29.4. The van der Waals surface area contributed by atoms with E-state index in [9.17, 15) is 13.2 Å². The Bertz CT molecular complexity index is 446. The monoisotopic (exact) mass is 308 g/mol. The van der Waals surface area contributed by atoms with Crippen molar-refractivity contribution >= 4 is 27.5 Å². The first-order chi connectivity index (χ1) is 8.91. The standard InChI is InChI=1S/C11H20N2O4S2/c1-2-19(15,16)9-7-18-6-4-13(9)10(14)11(12)3-5-17-8-11/h9H,2-8,12H2,1H3. The smallest absolute Gasteiger partial charge is 0.246 e. The molecule has 0 spiro atoms. The SMILES string of the molecule is CCS(=O)(=O)C1CSCCN1C(=O)C1(N)CCOC1. The molecular formula is C11H20N2O4S2. The van der Waals surface area contributed by atoms with Gasteiger partial charge < -0.3 is 15.4 Å². The van der Waals surface area contributed by atoms with E-state index in [4.69, 9.17) is 10.5 Å². The van der Waals surface area contributed by atoms with Crippen LogP contribution in [-0.4, -0.2) is 67.2 Å². The summed E-state index contributed by atoms with van der Waals surface area (Å²) in [6, 6.07) is 0. The molecule has 0 aromatic heterocycles. The molecule has 0 aromatic rings. The van der Waals surface area contributed by atoms with Gasteiger partial charge in [0, 0.05) is 30.4 Å². The summed E-state index contributed by atoms with van der Waals surface area (Å²) in [5.41, 5.74) is 5.01. The van der Waals surface area contributed by atoms with Gasteiger partial charge in [0.15, 0.2) is 9.84 Å². The van der Waals surface area contributed by atoms with E-state index >= 15 is 0 Å². The van der Waals surface area contributed by atoms with Crippen LogP contribution in [0.3, 0.4) is 0 Å². The van der Waals surface area contributed by atoms with Gasteiger partial charge in [0.2, 0.25) is 5.91 Å². The number of thioether (sulfide) groups is 1. The average molecular weight is 308 g/mol. The van der Waals surface area contributed by atoms with Gasteiger partial charge in [0.05, 0.1) is 6.61 Å². The summed E-state index contributed by atoms with van der Waals surface area (Å²) in [5.74, 6) is 0.931. The van der Waals surface area contributed by atoms with Gasteiger partial charge in [0.25, 0.3) is 0 Å². The number of amides is 1. The van der Waals surface area contributed by atoms with E-state index in [1.54, 1.807) is 18.7 Å². The number of rotatable bonds is 3. The largest absolute Gasteiger partial charge is 0.379 e. The van der Waals surface area contributed by atoms with Crippen molar-refractivity contribution < 1.29 is 17.9 Å². The van der Waals surface area contributed by atoms with Crippen molar-refractivity contribution in [1.29, 1.82) is 0 Å². The summed E-state index contributed by atoms with van der Waals surface area (Å²) >= 11 is 1.56. The van der Waals surface area contributed by atoms with Gasteiger partial charge in [-0.1, -0.05) is 6.92 Å². The average Bonchev–Trinajstić information content (AvgIpc) is 2.86. The maximum atomic E-state index is 12.5. The third-order valence-corrected chi connectivity index (χ3v) is 6.93. The van der Waals surface area contributed by atoms with Crippen LogP contribution in [0.1, 0.15) is 13.3 Å². The van der Waals surface area contributed by atoms with Crippen LogP contribution in [0, 0.1) is 0 Å². The first kappa shape index (κ1) is 15.1. The fourth-order valence-corrected chi connectivity index (χ4v) is 5.30. The molecule has 0 bridgehead atoms. The Hall–Kier alpha value is -0.310. The lowest BCUT2D eigenvalue weighted by Crippen LogP contribution is -2.61. The van der Waals surface area contributed by atoms with Crippen LogP contribution in [0.15, 0.2) is 0 Å². The predicted molar refractivity (Wildman–Crippen MR) is 74.6 cm³/mol. The summed E-state index contributed by atoms with van der Waals surface area (Å²) in [5, 5.41) is -0.746. The molecule has 2 heterocycles. The van der Waals surface area contributed by atoms with Crippen LogP contribution in [0.25, 0.3) is 0 Å². The molecule has 2 aliphatic heterocycles. The van der Waals surface area contributed by atoms with Crippen molar-refractivity contribution in [2.24, 2.45) is 5.73 Å². The highest BCUT2D eigenvalue weighted by molar-refractivity contribution is 8.01. The van der Waals surface area contributed by atoms with E-state index in [0.717, 1.165) is 5.75 Å². The third-order valence-electron chi connectivity index (χ3n) is 3.64. The summed E-state index contributed by atoms with van der Waals surface area (Å²) in [6.45, 7) is 2.67. The maximum Gasteiger partial charge on any atom is 0.246 e. The zero-order valence-electron chi connectivity index (χ0n) is 11.0. The maximum absolute atomic E-state index is 12.5. The molecule has 6 nitrogen and oxygen atoms in total. The topological polar surface area (TPSA) is 89.7 Å². The lowest BCUT2D eigenvalue weighted by Gasteiger charge is -2.38. The predicted octanol–water partition coefficient (Wildman–Crippen LogP) is -0.560. The second-order valence-corrected chi connectivity index (χ2v) is 8.54. The number of ether oxygens (including phenoxy) is 1. The first-order valence-corrected chi connectivity index (χ1v) is 9.25. The van der Waals surface area contributed by atoms with E-state index in [0.29, 0.717) is 25.3 Å². The van der Waals surface area contributed by atoms with Crippen molar-refractivity contribution in [2.45, 2.75) is 24.3 Å². The van der Waals surface area contributed by atoms with Gasteiger partial charge in [-0.25, -0.2) is 8.42 Å². The molecule has 2 saturated heterocycles. The normalized spacial score (nSPS) is 32.5. The summed E-state index contributed by atoms with van der Waals surface area (Å²) in [6.07, 6.45) is 0.453. The molecule has 1 amide bonds. The van der Waals surface area contributed by atoms with Crippen LogP contribution in [0.4, 0.5) is 0 Å². The van der Waals surface area contributed by atoms with Crippen molar-refractivity contribution in [3.8, 4) is 0 Å². The molecule has 0 saturated carbocycles.